The molecule has 0 spiro atoms. The zero-order valence-electron chi connectivity index (χ0n) is 36.5. The van der Waals surface area contributed by atoms with Crippen LogP contribution in [0.2, 0.25) is 0 Å². The molecule has 14 heteroatoms. The number of amides is 4. The number of aromatic nitrogens is 2. The molecular weight excluding hydrogens is 801 g/mol. The van der Waals surface area contributed by atoms with Gasteiger partial charge in [-0.3, -0.25) is 19.0 Å². The quantitative estimate of drug-likeness (QED) is 0.103. The molecule has 0 bridgehead atoms. The predicted molar refractivity (Wildman–Crippen MR) is 239 cm³/mol. The molecule has 3 N–H and O–H groups in total. The van der Waals surface area contributed by atoms with Crippen molar-refractivity contribution in [1.82, 2.24) is 25.1 Å². The molecule has 5 aromatic rings. The molecule has 4 amide bonds. The third-order valence-corrected chi connectivity index (χ3v) is 10.4. The van der Waals surface area contributed by atoms with Gasteiger partial charge in [0, 0.05) is 37.2 Å². The zero-order valence-corrected chi connectivity index (χ0v) is 36.5. The van der Waals surface area contributed by atoms with Crippen molar-refractivity contribution in [3.8, 4) is 11.1 Å². The van der Waals surface area contributed by atoms with Gasteiger partial charge in [-0.1, -0.05) is 112 Å². The smallest absolute Gasteiger partial charge is 0.407 e. The number of alkyl carbamates (subject to hydrolysis) is 1. The molecule has 0 saturated carbocycles. The molecule has 1 aliphatic rings. The molecule has 0 fully saturated rings. The van der Waals surface area contributed by atoms with Gasteiger partial charge in [0.1, 0.15) is 30.6 Å². The molecule has 4 aromatic carbocycles. The Balaban J connectivity index is 1.13. The van der Waals surface area contributed by atoms with Crippen LogP contribution in [0, 0.1) is 0 Å². The van der Waals surface area contributed by atoms with Crippen molar-refractivity contribution < 1.29 is 33.4 Å². The Morgan fingerprint density at radius 2 is 1.41 bits per heavy atom. The largest absolute Gasteiger partial charge is 0.458 e. The number of carbonyl (C=O) groups excluding carboxylic acids is 5. The maximum absolute atomic E-state index is 13.9. The van der Waals surface area contributed by atoms with Gasteiger partial charge >= 0.3 is 17.8 Å². The number of esters is 1. The van der Waals surface area contributed by atoms with Gasteiger partial charge in [0.15, 0.2) is 0 Å². The fraction of sp³-hybridized carbons (Fsp3) is 0.327. The second-order valence-corrected chi connectivity index (χ2v) is 17.4. The van der Waals surface area contributed by atoms with Crippen molar-refractivity contribution >= 4 is 35.6 Å². The van der Waals surface area contributed by atoms with Gasteiger partial charge in [0.05, 0.1) is 6.54 Å². The number of nitrogens with one attached hydrogen (secondary N) is 3. The fourth-order valence-electron chi connectivity index (χ4n) is 7.24. The van der Waals surface area contributed by atoms with Crippen LogP contribution >= 0.6 is 0 Å². The predicted octanol–water partition coefficient (Wildman–Crippen LogP) is 6.23. The molecular formula is C49H54N6O8. The maximum Gasteiger partial charge on any atom is 0.407 e. The van der Waals surface area contributed by atoms with Crippen molar-refractivity contribution in [2.24, 2.45) is 0 Å². The molecule has 0 radical (unpaired) electrons. The van der Waals surface area contributed by atoms with Crippen LogP contribution in [0.1, 0.15) is 80.1 Å². The van der Waals surface area contributed by atoms with Gasteiger partial charge in [-0.15, -0.1) is 0 Å². The molecule has 63 heavy (non-hydrogen) atoms. The molecule has 1 atom stereocenters. The Morgan fingerprint density at radius 3 is 2.02 bits per heavy atom. The van der Waals surface area contributed by atoms with Crippen molar-refractivity contribution in [3.63, 3.8) is 0 Å². The summed E-state index contributed by atoms with van der Waals surface area (Å²) in [7, 11) is 0. The number of fused-ring (bicyclic) bond motifs is 3. The van der Waals surface area contributed by atoms with E-state index in [0.717, 1.165) is 42.8 Å². The van der Waals surface area contributed by atoms with E-state index in [1.54, 1.807) is 32.9 Å². The highest BCUT2D eigenvalue weighted by Crippen LogP contribution is 2.44. The lowest BCUT2D eigenvalue weighted by atomic mass is 9.87. The SMILES string of the molecule is CC(C)(C)OC(=O)[C@H](Cc1ccccc1)NC(=O)CN(CCNC(=O)OCC1c2ccccc2-c2ccccc21)C(=O)Cn1ccc(NC(=O)c2ccc(C(C)(C)C)cc2)nc1=O. The van der Waals surface area contributed by atoms with Crippen molar-refractivity contribution in [2.75, 3.05) is 31.6 Å². The Bertz CT molecular complexity index is 2460. The van der Waals surface area contributed by atoms with E-state index < -0.39 is 60.2 Å². The summed E-state index contributed by atoms with van der Waals surface area (Å²) in [5, 5.41) is 8.02. The lowest BCUT2D eigenvalue weighted by Crippen LogP contribution is -2.51. The van der Waals surface area contributed by atoms with Crippen LogP contribution in [-0.4, -0.2) is 82.1 Å². The average molecular weight is 855 g/mol. The number of anilines is 1. The molecule has 0 unspecified atom stereocenters. The van der Waals surface area contributed by atoms with E-state index in [2.05, 4.69) is 41.7 Å². The number of ether oxygens (including phenoxy) is 2. The zero-order chi connectivity index (χ0) is 45.3. The van der Waals surface area contributed by atoms with E-state index in [1.165, 1.54) is 12.3 Å². The van der Waals surface area contributed by atoms with E-state index in [4.69, 9.17) is 9.47 Å². The standard InChI is InChI=1S/C49H54N6O8/c1-48(2,3)34-22-20-33(21-23-34)44(58)52-41-24-26-55(46(60)53-41)30-43(57)54(29-42(56)51-40(45(59)63-49(4,5)6)28-32-14-8-7-9-15-32)27-25-50-47(61)62-31-39-37-18-12-10-16-35(37)36-17-11-13-19-38(36)39/h7-24,26,39-40H,25,27-31H2,1-6H3,(H,50,61)(H,51,56)(H,52,53,58,60)/t40-/m0/s1. The number of benzene rings is 4. The monoisotopic (exact) mass is 854 g/mol. The molecule has 6 rings (SSSR count). The first-order valence-corrected chi connectivity index (χ1v) is 20.9. The van der Waals surface area contributed by atoms with Gasteiger partial charge in [-0.25, -0.2) is 14.4 Å². The highest BCUT2D eigenvalue weighted by molar-refractivity contribution is 6.03. The first-order valence-electron chi connectivity index (χ1n) is 20.9. The Kier molecular flexibility index (Phi) is 14.2. The molecule has 0 aliphatic heterocycles. The maximum atomic E-state index is 13.9. The summed E-state index contributed by atoms with van der Waals surface area (Å²) < 4.78 is 12.3. The fourth-order valence-corrected chi connectivity index (χ4v) is 7.24. The van der Waals surface area contributed by atoms with Gasteiger partial charge in [0.2, 0.25) is 11.8 Å². The van der Waals surface area contributed by atoms with Gasteiger partial charge in [-0.2, -0.15) is 4.98 Å². The van der Waals surface area contributed by atoms with E-state index >= 15 is 0 Å². The topological polar surface area (TPSA) is 178 Å². The summed E-state index contributed by atoms with van der Waals surface area (Å²) in [6.07, 6.45) is 0.729. The van der Waals surface area contributed by atoms with Crippen molar-refractivity contribution in [3.05, 3.63) is 154 Å². The number of carbonyl (C=O) groups is 5. The Hall–Kier alpha value is -7.09. The summed E-state index contributed by atoms with van der Waals surface area (Å²) in [5.41, 5.74) is 4.74. The van der Waals surface area contributed by atoms with Gasteiger partial charge < -0.3 is 30.3 Å². The highest BCUT2D eigenvalue weighted by atomic mass is 16.6. The third kappa shape index (κ3) is 12.3. The number of hydrogen-bond donors (Lipinski definition) is 3. The molecule has 328 valence electrons. The summed E-state index contributed by atoms with van der Waals surface area (Å²) in [6, 6.07) is 32.5. The number of rotatable bonds is 15. The molecule has 14 nitrogen and oxygen atoms in total. The summed E-state index contributed by atoms with van der Waals surface area (Å²) in [5.74, 6) is -2.61. The first kappa shape index (κ1) is 45.4. The lowest BCUT2D eigenvalue weighted by Gasteiger charge is -2.27. The Labute approximate surface area is 367 Å². The van der Waals surface area contributed by atoms with E-state index in [9.17, 15) is 28.8 Å². The van der Waals surface area contributed by atoms with E-state index in [0.29, 0.717) is 5.56 Å². The first-order chi connectivity index (χ1) is 29.9. The van der Waals surface area contributed by atoms with Crippen LogP contribution in [0.3, 0.4) is 0 Å². The summed E-state index contributed by atoms with van der Waals surface area (Å²) >= 11 is 0. The molecule has 0 saturated heterocycles. The van der Waals surface area contributed by atoms with Crippen LogP contribution in [0.15, 0.2) is 120 Å². The van der Waals surface area contributed by atoms with Crippen molar-refractivity contribution in [1.29, 1.82) is 0 Å². The normalized spacial score (nSPS) is 12.6. The third-order valence-electron chi connectivity index (χ3n) is 10.4. The van der Waals surface area contributed by atoms with E-state index in [-0.39, 0.29) is 43.3 Å². The van der Waals surface area contributed by atoms with Crippen LogP contribution < -0.4 is 21.6 Å². The second-order valence-electron chi connectivity index (χ2n) is 17.4. The van der Waals surface area contributed by atoms with E-state index in [1.807, 2.05) is 91.0 Å². The molecule has 1 heterocycles. The molecule has 1 aromatic heterocycles. The summed E-state index contributed by atoms with van der Waals surface area (Å²) in [6.45, 7) is 10.1. The average Bonchev–Trinajstić information content (AvgIpc) is 3.56. The van der Waals surface area contributed by atoms with Crippen molar-refractivity contribution in [2.45, 2.75) is 77.5 Å². The van der Waals surface area contributed by atoms with Crippen LogP contribution in [0.25, 0.3) is 11.1 Å². The minimum Gasteiger partial charge on any atom is -0.458 e. The second kappa shape index (κ2) is 19.7. The molecule has 1 aliphatic carbocycles. The van der Waals surface area contributed by atoms with Gasteiger partial charge in [-0.05, 0) is 77.8 Å². The Morgan fingerprint density at radius 1 is 0.794 bits per heavy atom. The van der Waals surface area contributed by atoms with Crippen LogP contribution in [0.4, 0.5) is 10.6 Å². The minimum atomic E-state index is -1.08. The highest BCUT2D eigenvalue weighted by Gasteiger charge is 2.30. The number of nitrogens with zero attached hydrogens (tertiary/aromatic N) is 3. The lowest BCUT2D eigenvalue weighted by molar-refractivity contribution is -0.158. The summed E-state index contributed by atoms with van der Waals surface area (Å²) in [4.78, 5) is 85.2. The number of hydrogen-bond acceptors (Lipinski definition) is 9. The minimum absolute atomic E-state index is 0.0104. The van der Waals surface area contributed by atoms with Crippen LogP contribution in [0.5, 0.6) is 0 Å². The van der Waals surface area contributed by atoms with Gasteiger partial charge in [0.25, 0.3) is 5.91 Å². The van der Waals surface area contributed by atoms with Crippen LogP contribution in [-0.2, 0) is 42.2 Å².